The van der Waals surface area contributed by atoms with E-state index in [1.165, 1.54) is 0 Å². The molecule has 3 aromatic rings. The average molecular weight is 338 g/mol. The number of hydrogen-bond acceptors (Lipinski definition) is 4. The number of carbonyl (C=O) groups is 1. The molecule has 2 aromatic heterocycles. The van der Waals surface area contributed by atoms with Crippen molar-refractivity contribution in [2.24, 2.45) is 5.92 Å². The van der Waals surface area contributed by atoms with Crippen LogP contribution in [0.1, 0.15) is 30.0 Å². The molecule has 3 rings (SSSR count). The van der Waals surface area contributed by atoms with Gasteiger partial charge < -0.3 is 5.32 Å². The van der Waals surface area contributed by atoms with Crippen LogP contribution >= 0.6 is 0 Å². The molecule has 7 nitrogen and oxygen atoms in total. The van der Waals surface area contributed by atoms with Crippen LogP contribution in [-0.4, -0.2) is 37.4 Å². The summed E-state index contributed by atoms with van der Waals surface area (Å²) in [7, 11) is 0. The Morgan fingerprint density at radius 1 is 1.32 bits per heavy atom. The van der Waals surface area contributed by atoms with Gasteiger partial charge >= 0.3 is 0 Å². The molecule has 0 unspecified atom stereocenters. The van der Waals surface area contributed by atoms with Crippen molar-refractivity contribution in [2.45, 2.75) is 26.8 Å². The number of nitrogens with one attached hydrogen (secondary N) is 2. The highest BCUT2D eigenvalue weighted by Gasteiger charge is 2.10. The van der Waals surface area contributed by atoms with Crippen LogP contribution < -0.4 is 5.32 Å². The first kappa shape index (κ1) is 16.9. The van der Waals surface area contributed by atoms with E-state index in [1.807, 2.05) is 36.0 Å². The molecule has 0 saturated heterocycles. The molecular weight excluding hydrogens is 316 g/mol. The van der Waals surface area contributed by atoms with Crippen LogP contribution in [0.4, 0.5) is 0 Å². The number of hydrogen-bond donors (Lipinski definition) is 2. The molecule has 1 amide bonds. The summed E-state index contributed by atoms with van der Waals surface area (Å²) in [6.45, 7) is 5.47. The quantitative estimate of drug-likeness (QED) is 0.692. The van der Waals surface area contributed by atoms with Crippen molar-refractivity contribution in [1.82, 2.24) is 30.3 Å². The van der Waals surface area contributed by atoms with Crippen LogP contribution in [0.2, 0.25) is 0 Å². The van der Waals surface area contributed by atoms with Crippen LogP contribution in [-0.2, 0) is 13.0 Å². The van der Waals surface area contributed by atoms with E-state index in [2.05, 4.69) is 32.5 Å². The maximum absolute atomic E-state index is 12.3. The van der Waals surface area contributed by atoms with Gasteiger partial charge in [0.1, 0.15) is 5.82 Å². The minimum absolute atomic E-state index is 0.0805. The zero-order valence-electron chi connectivity index (χ0n) is 14.4. The van der Waals surface area contributed by atoms with Crippen molar-refractivity contribution in [1.29, 1.82) is 0 Å². The zero-order chi connectivity index (χ0) is 17.6. The second-order valence-corrected chi connectivity index (χ2v) is 6.08. The molecule has 1 atom stereocenters. The number of rotatable bonds is 7. The van der Waals surface area contributed by atoms with Gasteiger partial charge in [0.2, 0.25) is 0 Å². The largest absolute Gasteiger partial charge is 0.352 e. The number of benzene rings is 1. The van der Waals surface area contributed by atoms with E-state index < -0.39 is 0 Å². The second kappa shape index (κ2) is 7.74. The van der Waals surface area contributed by atoms with Crippen LogP contribution in [0.25, 0.3) is 11.4 Å². The maximum Gasteiger partial charge on any atom is 0.251 e. The molecule has 0 aliphatic rings. The van der Waals surface area contributed by atoms with E-state index >= 15 is 0 Å². The summed E-state index contributed by atoms with van der Waals surface area (Å²) < 4.78 is 1.87. The molecule has 25 heavy (non-hydrogen) atoms. The van der Waals surface area contributed by atoms with Crippen molar-refractivity contribution in [3.8, 4) is 11.4 Å². The van der Waals surface area contributed by atoms with Gasteiger partial charge in [0.15, 0.2) is 5.82 Å². The molecule has 1 aromatic carbocycles. The SMILES string of the molecule is CCc1nc(-c2ccc(C(=O)NC[C@@H](C)Cn3cccn3)cc2)n[nH]1. The van der Waals surface area contributed by atoms with E-state index in [9.17, 15) is 4.79 Å². The minimum atomic E-state index is -0.0805. The molecule has 7 heteroatoms. The Balaban J connectivity index is 1.55. The number of amides is 1. The van der Waals surface area contributed by atoms with E-state index in [-0.39, 0.29) is 5.91 Å². The van der Waals surface area contributed by atoms with Crippen LogP contribution in [0.15, 0.2) is 42.7 Å². The lowest BCUT2D eigenvalue weighted by atomic mass is 10.1. The molecule has 130 valence electrons. The van der Waals surface area contributed by atoms with Crippen molar-refractivity contribution in [3.63, 3.8) is 0 Å². The highest BCUT2D eigenvalue weighted by Crippen LogP contribution is 2.15. The zero-order valence-corrected chi connectivity index (χ0v) is 14.4. The Morgan fingerprint density at radius 2 is 2.12 bits per heavy atom. The second-order valence-electron chi connectivity index (χ2n) is 6.08. The summed E-state index contributed by atoms with van der Waals surface area (Å²) in [6.07, 6.45) is 4.48. The van der Waals surface area contributed by atoms with Gasteiger partial charge in [-0.2, -0.15) is 10.2 Å². The fourth-order valence-electron chi connectivity index (χ4n) is 2.51. The Hall–Kier alpha value is -2.96. The summed E-state index contributed by atoms with van der Waals surface area (Å²) in [5.74, 6) is 1.71. The fraction of sp³-hybridized carbons (Fsp3) is 0.333. The number of nitrogens with zero attached hydrogens (tertiary/aromatic N) is 4. The molecule has 0 spiro atoms. The van der Waals surface area contributed by atoms with Crippen LogP contribution in [0.3, 0.4) is 0 Å². The first-order chi connectivity index (χ1) is 12.2. The first-order valence-electron chi connectivity index (χ1n) is 8.43. The van der Waals surface area contributed by atoms with E-state index in [4.69, 9.17) is 0 Å². The number of aryl methyl sites for hydroxylation is 1. The molecular formula is C18H22N6O. The predicted octanol–water partition coefficient (Wildman–Crippen LogP) is 2.30. The summed E-state index contributed by atoms with van der Waals surface area (Å²) in [4.78, 5) is 16.7. The van der Waals surface area contributed by atoms with Gasteiger partial charge in [-0.15, -0.1) is 0 Å². The number of aromatic amines is 1. The van der Waals surface area contributed by atoms with Crippen LogP contribution in [0, 0.1) is 5.92 Å². The van der Waals surface area contributed by atoms with Gasteiger partial charge in [-0.25, -0.2) is 4.98 Å². The highest BCUT2D eigenvalue weighted by molar-refractivity contribution is 5.94. The lowest BCUT2D eigenvalue weighted by molar-refractivity contribution is 0.0946. The number of carbonyl (C=O) groups excluding carboxylic acids is 1. The lowest BCUT2D eigenvalue weighted by Crippen LogP contribution is -2.30. The molecule has 0 fully saturated rings. The maximum atomic E-state index is 12.3. The third kappa shape index (κ3) is 4.32. The third-order valence-corrected chi connectivity index (χ3v) is 3.94. The Bertz CT molecular complexity index is 806. The Labute approximate surface area is 146 Å². The third-order valence-electron chi connectivity index (χ3n) is 3.94. The smallest absolute Gasteiger partial charge is 0.251 e. The molecule has 2 heterocycles. The van der Waals surface area contributed by atoms with Gasteiger partial charge in [-0.1, -0.05) is 26.0 Å². The number of aromatic nitrogens is 5. The Kier molecular flexibility index (Phi) is 5.23. The first-order valence-corrected chi connectivity index (χ1v) is 8.43. The Morgan fingerprint density at radius 3 is 2.76 bits per heavy atom. The molecule has 0 aliphatic carbocycles. The summed E-state index contributed by atoms with van der Waals surface area (Å²) >= 11 is 0. The van der Waals surface area contributed by atoms with Gasteiger partial charge in [-0.3, -0.25) is 14.6 Å². The number of H-pyrrole nitrogens is 1. The topological polar surface area (TPSA) is 88.5 Å². The normalized spacial score (nSPS) is 12.1. The molecule has 0 saturated carbocycles. The van der Waals surface area contributed by atoms with Crippen molar-refractivity contribution < 1.29 is 4.79 Å². The lowest BCUT2D eigenvalue weighted by Gasteiger charge is -2.13. The van der Waals surface area contributed by atoms with Crippen molar-refractivity contribution >= 4 is 5.91 Å². The van der Waals surface area contributed by atoms with Gasteiger partial charge in [-0.05, 0) is 24.1 Å². The predicted molar refractivity (Wildman–Crippen MR) is 94.9 cm³/mol. The van der Waals surface area contributed by atoms with Gasteiger partial charge in [0, 0.05) is 43.0 Å². The molecule has 0 radical (unpaired) electrons. The van der Waals surface area contributed by atoms with Gasteiger partial charge in [0.25, 0.3) is 5.91 Å². The van der Waals surface area contributed by atoms with E-state index in [0.29, 0.717) is 23.9 Å². The van der Waals surface area contributed by atoms with Crippen LogP contribution in [0.5, 0.6) is 0 Å². The molecule has 0 bridgehead atoms. The minimum Gasteiger partial charge on any atom is -0.352 e. The summed E-state index contributed by atoms with van der Waals surface area (Å²) in [6, 6.07) is 9.22. The summed E-state index contributed by atoms with van der Waals surface area (Å²) in [5, 5.41) is 14.2. The van der Waals surface area contributed by atoms with E-state index in [0.717, 1.165) is 24.4 Å². The summed E-state index contributed by atoms with van der Waals surface area (Å²) in [5.41, 5.74) is 1.51. The van der Waals surface area contributed by atoms with Gasteiger partial charge in [0.05, 0.1) is 0 Å². The molecule has 0 aliphatic heterocycles. The monoisotopic (exact) mass is 338 g/mol. The van der Waals surface area contributed by atoms with E-state index in [1.54, 1.807) is 18.3 Å². The highest BCUT2D eigenvalue weighted by atomic mass is 16.1. The average Bonchev–Trinajstić information content (AvgIpc) is 3.31. The van der Waals surface area contributed by atoms with Crippen molar-refractivity contribution in [3.05, 3.63) is 54.1 Å². The molecule has 2 N–H and O–H groups in total. The fourth-order valence-corrected chi connectivity index (χ4v) is 2.51. The van der Waals surface area contributed by atoms with Crippen molar-refractivity contribution in [2.75, 3.05) is 6.54 Å². The standard InChI is InChI=1S/C18H22N6O/c1-3-16-21-17(23-22-16)14-5-7-15(8-6-14)18(25)19-11-13(2)12-24-10-4-9-20-24/h4-10,13H,3,11-12H2,1-2H3,(H,19,25)(H,21,22,23)/t13-/m1/s1.